The Morgan fingerprint density at radius 2 is 0.943 bits per heavy atom. The first-order valence-corrected chi connectivity index (χ1v) is 18.7. The maximum atomic E-state index is 6.35. The largest absolute Gasteiger partial charge is 0.456 e. The van der Waals surface area contributed by atoms with Crippen LogP contribution in [0.25, 0.3) is 65.7 Å². The van der Waals surface area contributed by atoms with E-state index in [2.05, 4.69) is 179 Å². The molecule has 2 aliphatic carbocycles. The maximum absolute atomic E-state index is 6.35. The number of benzene rings is 8. The molecule has 0 N–H and O–H groups in total. The molecule has 11 rings (SSSR count). The van der Waals surface area contributed by atoms with Crippen LogP contribution in [0.1, 0.15) is 55.5 Å². The summed E-state index contributed by atoms with van der Waals surface area (Å²) >= 11 is 0. The summed E-state index contributed by atoms with van der Waals surface area (Å²) in [5, 5.41) is 7.47. The molecule has 0 saturated heterocycles. The molecule has 9 aromatic rings. The Hall–Kier alpha value is -6.12. The van der Waals surface area contributed by atoms with Crippen molar-refractivity contribution < 1.29 is 4.42 Å². The van der Waals surface area contributed by atoms with Crippen LogP contribution >= 0.6 is 0 Å². The van der Waals surface area contributed by atoms with Crippen LogP contribution in [-0.2, 0) is 10.8 Å². The van der Waals surface area contributed by atoms with Gasteiger partial charge in [0.05, 0.1) is 0 Å². The highest BCUT2D eigenvalue weighted by Gasteiger charge is 2.38. The van der Waals surface area contributed by atoms with E-state index in [0.717, 1.165) is 28.2 Å². The van der Waals surface area contributed by atoms with E-state index in [-0.39, 0.29) is 10.8 Å². The van der Waals surface area contributed by atoms with Crippen molar-refractivity contribution >= 4 is 60.5 Å². The molecule has 53 heavy (non-hydrogen) atoms. The fraction of sp³-hybridized carbons (Fsp3) is 0.137. The average Bonchev–Trinajstić information content (AvgIpc) is 3.72. The monoisotopic (exact) mass is 681 g/mol. The summed E-state index contributed by atoms with van der Waals surface area (Å²) in [6.07, 6.45) is 0. The molecule has 0 radical (unpaired) electrons. The van der Waals surface area contributed by atoms with E-state index >= 15 is 0 Å². The number of rotatable bonds is 3. The number of fused-ring (bicyclic) bond motifs is 11. The zero-order valence-electron chi connectivity index (χ0n) is 30.7. The van der Waals surface area contributed by atoms with Gasteiger partial charge in [0.2, 0.25) is 0 Å². The van der Waals surface area contributed by atoms with Gasteiger partial charge in [-0.05, 0) is 152 Å². The molecule has 0 unspecified atom stereocenters. The Morgan fingerprint density at radius 3 is 1.70 bits per heavy atom. The molecule has 0 amide bonds. The summed E-state index contributed by atoms with van der Waals surface area (Å²) in [4.78, 5) is 2.43. The van der Waals surface area contributed by atoms with Crippen LogP contribution < -0.4 is 4.90 Å². The van der Waals surface area contributed by atoms with Gasteiger partial charge in [0.15, 0.2) is 0 Å². The predicted molar refractivity (Wildman–Crippen MR) is 223 cm³/mol. The predicted octanol–water partition coefficient (Wildman–Crippen LogP) is 14.3. The molecule has 2 nitrogen and oxygen atoms in total. The van der Waals surface area contributed by atoms with Gasteiger partial charge in [-0.25, -0.2) is 0 Å². The smallest absolute Gasteiger partial charge is 0.136 e. The van der Waals surface area contributed by atoms with Gasteiger partial charge in [-0.15, -0.1) is 0 Å². The Labute approximate surface area is 309 Å². The van der Waals surface area contributed by atoms with Crippen LogP contribution in [-0.4, -0.2) is 0 Å². The molecular formula is C51H39NO. The van der Waals surface area contributed by atoms with Crippen molar-refractivity contribution in [1.29, 1.82) is 0 Å². The maximum Gasteiger partial charge on any atom is 0.136 e. The topological polar surface area (TPSA) is 16.4 Å². The van der Waals surface area contributed by atoms with Gasteiger partial charge in [0.25, 0.3) is 0 Å². The minimum Gasteiger partial charge on any atom is -0.456 e. The SMILES string of the molecule is Cc1ccc(N(c2ccc3c(c2)C(C)(C)c2cc4c(cc2-3)oc2ccccc24)c2ccc3cc4c(cc3c2)C(C)(C)c2cc3ccccc3cc2-4)cc1. The first-order valence-electron chi connectivity index (χ1n) is 18.7. The lowest BCUT2D eigenvalue weighted by molar-refractivity contribution is 0.658. The standard InChI is InChI=1S/C51H39NO/c1-30-14-17-35(18-15-30)52(37-20-21-38-42-29-49-43(39-12-8-9-13-48(39)53-49)28-47(42)51(4,5)46(38)27-37)36-19-16-33-24-41-40-23-31-10-6-7-11-32(31)25-44(40)50(2,3)45(41)26-34(33)22-36/h6-29H,1-5H3. The Morgan fingerprint density at radius 1 is 0.396 bits per heavy atom. The van der Waals surface area contributed by atoms with Crippen molar-refractivity contribution in [3.8, 4) is 22.3 Å². The van der Waals surface area contributed by atoms with Gasteiger partial charge in [-0.3, -0.25) is 0 Å². The normalized spacial score (nSPS) is 14.8. The van der Waals surface area contributed by atoms with Crippen molar-refractivity contribution in [3.63, 3.8) is 0 Å². The third-order valence-corrected chi connectivity index (χ3v) is 12.4. The Bertz CT molecular complexity index is 3010. The number of nitrogens with zero attached hydrogens (tertiary/aromatic N) is 1. The molecule has 0 atom stereocenters. The molecule has 2 aliphatic rings. The number of hydrogen-bond acceptors (Lipinski definition) is 2. The molecule has 0 spiro atoms. The van der Waals surface area contributed by atoms with Crippen molar-refractivity contribution in [3.05, 3.63) is 173 Å². The number of hydrogen-bond donors (Lipinski definition) is 0. The summed E-state index contributed by atoms with van der Waals surface area (Å²) in [7, 11) is 0. The van der Waals surface area contributed by atoms with E-state index in [1.165, 1.54) is 82.4 Å². The highest BCUT2D eigenvalue weighted by molar-refractivity contribution is 6.07. The molecule has 0 fully saturated rings. The summed E-state index contributed by atoms with van der Waals surface area (Å²) in [5.41, 5.74) is 17.1. The zero-order chi connectivity index (χ0) is 35.8. The highest BCUT2D eigenvalue weighted by Crippen LogP contribution is 2.54. The number of para-hydroxylation sites is 1. The van der Waals surface area contributed by atoms with E-state index in [1.54, 1.807) is 0 Å². The van der Waals surface area contributed by atoms with Crippen molar-refractivity contribution in [2.45, 2.75) is 45.4 Å². The first-order chi connectivity index (χ1) is 25.6. The minimum absolute atomic E-state index is 0.0938. The quantitative estimate of drug-likeness (QED) is 0.185. The second-order valence-corrected chi connectivity index (χ2v) is 16.3. The Balaban J connectivity index is 1.06. The second-order valence-electron chi connectivity index (χ2n) is 16.3. The molecule has 0 bridgehead atoms. The lowest BCUT2D eigenvalue weighted by atomic mass is 9.81. The van der Waals surface area contributed by atoms with Crippen LogP contribution in [0.5, 0.6) is 0 Å². The summed E-state index contributed by atoms with van der Waals surface area (Å²) < 4.78 is 6.35. The molecule has 1 aromatic heterocycles. The molecule has 254 valence electrons. The second kappa shape index (κ2) is 10.5. The highest BCUT2D eigenvalue weighted by atomic mass is 16.3. The van der Waals surface area contributed by atoms with Gasteiger partial charge >= 0.3 is 0 Å². The van der Waals surface area contributed by atoms with Crippen molar-refractivity contribution in [2.75, 3.05) is 4.90 Å². The van der Waals surface area contributed by atoms with Crippen LogP contribution in [0.2, 0.25) is 0 Å². The van der Waals surface area contributed by atoms with E-state index in [4.69, 9.17) is 4.42 Å². The van der Waals surface area contributed by atoms with Crippen LogP contribution in [0.15, 0.2) is 150 Å². The first kappa shape index (κ1) is 30.5. The molecule has 2 heteroatoms. The van der Waals surface area contributed by atoms with Crippen LogP contribution in [0.3, 0.4) is 0 Å². The van der Waals surface area contributed by atoms with Gasteiger partial charge in [-0.1, -0.05) is 100.0 Å². The van der Waals surface area contributed by atoms with Crippen molar-refractivity contribution in [2.24, 2.45) is 0 Å². The molecular weight excluding hydrogens is 643 g/mol. The van der Waals surface area contributed by atoms with Crippen molar-refractivity contribution in [1.82, 2.24) is 0 Å². The van der Waals surface area contributed by atoms with E-state index in [9.17, 15) is 0 Å². The fourth-order valence-electron chi connectivity index (χ4n) is 9.51. The summed E-state index contributed by atoms with van der Waals surface area (Å²) in [5.74, 6) is 0. The van der Waals surface area contributed by atoms with E-state index < -0.39 is 0 Å². The van der Waals surface area contributed by atoms with Gasteiger partial charge < -0.3 is 9.32 Å². The minimum atomic E-state index is -0.179. The lowest BCUT2D eigenvalue weighted by Gasteiger charge is -2.28. The number of aryl methyl sites for hydroxylation is 1. The van der Waals surface area contributed by atoms with Gasteiger partial charge in [0, 0.05) is 38.7 Å². The molecule has 1 heterocycles. The van der Waals surface area contributed by atoms with E-state index in [0.29, 0.717) is 0 Å². The number of anilines is 3. The number of furan rings is 1. The molecule has 0 saturated carbocycles. The summed E-state index contributed by atoms with van der Waals surface area (Å²) in [6.45, 7) is 11.6. The molecule has 0 aliphatic heterocycles. The van der Waals surface area contributed by atoms with Gasteiger partial charge in [0.1, 0.15) is 11.2 Å². The van der Waals surface area contributed by atoms with Crippen LogP contribution in [0.4, 0.5) is 17.1 Å². The summed E-state index contributed by atoms with van der Waals surface area (Å²) in [6, 6.07) is 54.4. The van der Waals surface area contributed by atoms with Crippen LogP contribution in [0, 0.1) is 6.92 Å². The molecule has 8 aromatic carbocycles. The zero-order valence-corrected chi connectivity index (χ0v) is 30.7. The van der Waals surface area contributed by atoms with E-state index in [1.807, 2.05) is 6.07 Å². The third-order valence-electron chi connectivity index (χ3n) is 12.4. The Kier molecular flexibility index (Phi) is 6.03. The fourth-order valence-corrected chi connectivity index (χ4v) is 9.51. The lowest BCUT2D eigenvalue weighted by Crippen LogP contribution is -2.16. The third kappa shape index (κ3) is 4.27. The average molecular weight is 682 g/mol. The van der Waals surface area contributed by atoms with Gasteiger partial charge in [-0.2, -0.15) is 0 Å².